The summed E-state index contributed by atoms with van der Waals surface area (Å²) in [6.07, 6.45) is 5.71. The summed E-state index contributed by atoms with van der Waals surface area (Å²) in [6, 6.07) is 0. The van der Waals surface area contributed by atoms with Crippen molar-refractivity contribution in [3.05, 3.63) is 18.7 Å². The molecule has 108 valence electrons. The minimum Gasteiger partial charge on any atom is -0.394 e. The molecule has 2 aromatic rings. The SMILES string of the molecule is Nc1nc(NCCCOCCO)nc(-n2ccnc2)n1. The highest BCUT2D eigenvalue weighted by Gasteiger charge is 2.05. The molecule has 0 fully saturated rings. The monoisotopic (exact) mass is 279 g/mol. The average Bonchev–Trinajstić information content (AvgIpc) is 2.96. The fourth-order valence-electron chi connectivity index (χ4n) is 1.49. The molecule has 0 radical (unpaired) electrons. The standard InChI is InChI=1S/C11H17N7O2/c12-9-15-10(14-2-1-6-20-7-5-19)17-11(16-9)18-4-3-13-8-18/h3-4,8,19H,1-2,5-7H2,(H3,12,14,15,16,17). The second-order valence-corrected chi connectivity index (χ2v) is 3.90. The van der Waals surface area contributed by atoms with Crippen LogP contribution in [-0.2, 0) is 4.74 Å². The highest BCUT2D eigenvalue weighted by Crippen LogP contribution is 2.06. The van der Waals surface area contributed by atoms with E-state index < -0.39 is 0 Å². The molecule has 20 heavy (non-hydrogen) atoms. The van der Waals surface area contributed by atoms with Gasteiger partial charge in [0.05, 0.1) is 13.2 Å². The summed E-state index contributed by atoms with van der Waals surface area (Å²) in [4.78, 5) is 16.2. The number of hydrogen-bond donors (Lipinski definition) is 3. The molecule has 4 N–H and O–H groups in total. The van der Waals surface area contributed by atoms with Crippen LogP contribution in [0.15, 0.2) is 18.7 Å². The highest BCUT2D eigenvalue weighted by atomic mass is 16.5. The highest BCUT2D eigenvalue weighted by molar-refractivity contribution is 5.34. The van der Waals surface area contributed by atoms with E-state index in [1.807, 2.05) is 0 Å². The molecule has 2 aromatic heterocycles. The minimum atomic E-state index is 0.0334. The van der Waals surface area contributed by atoms with Crippen molar-refractivity contribution in [3.8, 4) is 5.95 Å². The van der Waals surface area contributed by atoms with Crippen LogP contribution in [0.1, 0.15) is 6.42 Å². The molecule has 2 heterocycles. The summed E-state index contributed by atoms with van der Waals surface area (Å²) in [6.45, 7) is 1.58. The van der Waals surface area contributed by atoms with Crippen molar-refractivity contribution in [2.45, 2.75) is 6.42 Å². The lowest BCUT2D eigenvalue weighted by molar-refractivity contribution is 0.0921. The van der Waals surface area contributed by atoms with Crippen molar-refractivity contribution >= 4 is 11.9 Å². The summed E-state index contributed by atoms with van der Waals surface area (Å²) in [5.41, 5.74) is 5.65. The third-order valence-corrected chi connectivity index (χ3v) is 2.36. The van der Waals surface area contributed by atoms with Gasteiger partial charge in [0.15, 0.2) is 0 Å². The van der Waals surface area contributed by atoms with Crippen LogP contribution >= 0.6 is 0 Å². The van der Waals surface area contributed by atoms with Crippen molar-refractivity contribution < 1.29 is 9.84 Å². The smallest absolute Gasteiger partial charge is 0.241 e. The number of nitrogens with two attached hydrogens (primary N) is 1. The van der Waals surface area contributed by atoms with E-state index in [2.05, 4.69) is 25.3 Å². The Balaban J connectivity index is 1.88. The van der Waals surface area contributed by atoms with Gasteiger partial charge in [-0.3, -0.25) is 4.57 Å². The fourth-order valence-corrected chi connectivity index (χ4v) is 1.49. The van der Waals surface area contributed by atoms with Crippen molar-refractivity contribution in [2.75, 3.05) is 37.4 Å². The normalized spacial score (nSPS) is 10.7. The van der Waals surface area contributed by atoms with Gasteiger partial charge < -0.3 is 20.9 Å². The molecule has 9 heteroatoms. The van der Waals surface area contributed by atoms with Gasteiger partial charge in [-0.15, -0.1) is 0 Å². The van der Waals surface area contributed by atoms with Crippen molar-refractivity contribution in [3.63, 3.8) is 0 Å². The van der Waals surface area contributed by atoms with E-state index in [4.69, 9.17) is 15.6 Å². The Labute approximate surface area is 115 Å². The van der Waals surface area contributed by atoms with Gasteiger partial charge in [0.2, 0.25) is 17.8 Å². The maximum Gasteiger partial charge on any atom is 0.241 e. The zero-order valence-electron chi connectivity index (χ0n) is 10.9. The van der Waals surface area contributed by atoms with Crippen molar-refractivity contribution in [1.82, 2.24) is 24.5 Å². The van der Waals surface area contributed by atoms with Crippen LogP contribution in [0.25, 0.3) is 5.95 Å². The lowest BCUT2D eigenvalue weighted by Gasteiger charge is -2.07. The molecular formula is C11H17N7O2. The second kappa shape index (κ2) is 7.36. The Bertz CT molecular complexity index is 517. The van der Waals surface area contributed by atoms with E-state index in [0.29, 0.717) is 31.7 Å². The van der Waals surface area contributed by atoms with Crippen LogP contribution in [-0.4, -0.2) is 56.0 Å². The van der Waals surface area contributed by atoms with Gasteiger partial charge in [0, 0.05) is 25.5 Å². The van der Waals surface area contributed by atoms with Gasteiger partial charge in [-0.05, 0) is 6.42 Å². The quantitative estimate of drug-likeness (QED) is 0.550. The van der Waals surface area contributed by atoms with Crippen LogP contribution in [0.4, 0.5) is 11.9 Å². The number of imidazole rings is 1. The lowest BCUT2D eigenvalue weighted by atomic mass is 10.4. The van der Waals surface area contributed by atoms with Crippen LogP contribution in [0, 0.1) is 0 Å². The third-order valence-electron chi connectivity index (χ3n) is 2.36. The molecule has 0 spiro atoms. The number of aliphatic hydroxyl groups is 1. The Morgan fingerprint density at radius 2 is 2.20 bits per heavy atom. The van der Waals surface area contributed by atoms with Crippen molar-refractivity contribution in [1.29, 1.82) is 0 Å². The minimum absolute atomic E-state index is 0.0334. The largest absolute Gasteiger partial charge is 0.394 e. The van der Waals surface area contributed by atoms with Crippen LogP contribution in [0.2, 0.25) is 0 Å². The summed E-state index contributed by atoms with van der Waals surface area (Å²) < 4.78 is 6.79. The number of aromatic nitrogens is 5. The molecule has 0 aliphatic carbocycles. The summed E-state index contributed by atoms with van der Waals surface area (Å²) >= 11 is 0. The Kier molecular flexibility index (Phi) is 5.21. The zero-order valence-corrected chi connectivity index (χ0v) is 10.9. The zero-order chi connectivity index (χ0) is 14.2. The molecule has 0 aliphatic heterocycles. The molecule has 9 nitrogen and oxygen atoms in total. The maximum atomic E-state index is 8.56. The van der Waals surface area contributed by atoms with Gasteiger partial charge in [0.1, 0.15) is 6.33 Å². The van der Waals surface area contributed by atoms with E-state index in [0.717, 1.165) is 6.42 Å². The van der Waals surface area contributed by atoms with E-state index >= 15 is 0 Å². The van der Waals surface area contributed by atoms with E-state index in [-0.39, 0.29) is 12.6 Å². The molecule has 0 amide bonds. The third kappa shape index (κ3) is 4.14. The molecule has 2 rings (SSSR count). The number of anilines is 2. The Morgan fingerprint density at radius 1 is 1.30 bits per heavy atom. The molecule has 0 atom stereocenters. The van der Waals surface area contributed by atoms with Crippen molar-refractivity contribution in [2.24, 2.45) is 0 Å². The van der Waals surface area contributed by atoms with E-state index in [9.17, 15) is 0 Å². The average molecular weight is 279 g/mol. The molecular weight excluding hydrogens is 262 g/mol. The van der Waals surface area contributed by atoms with E-state index in [1.165, 1.54) is 0 Å². The van der Waals surface area contributed by atoms with Gasteiger partial charge in [-0.2, -0.15) is 15.0 Å². The van der Waals surface area contributed by atoms with Gasteiger partial charge in [-0.1, -0.05) is 0 Å². The molecule has 0 saturated carbocycles. The topological polar surface area (TPSA) is 124 Å². The number of nitrogens with one attached hydrogen (secondary N) is 1. The number of rotatable bonds is 8. The molecule has 0 aromatic carbocycles. The molecule has 0 unspecified atom stereocenters. The Hall–Kier alpha value is -2.26. The maximum absolute atomic E-state index is 8.56. The van der Waals surface area contributed by atoms with Crippen LogP contribution in [0.3, 0.4) is 0 Å². The predicted molar refractivity (Wildman–Crippen MR) is 72.4 cm³/mol. The Morgan fingerprint density at radius 3 is 2.95 bits per heavy atom. The van der Waals surface area contributed by atoms with Crippen LogP contribution in [0.5, 0.6) is 0 Å². The summed E-state index contributed by atoms with van der Waals surface area (Å²) in [7, 11) is 0. The number of aliphatic hydroxyl groups excluding tert-OH is 1. The molecule has 0 bridgehead atoms. The van der Waals surface area contributed by atoms with Crippen LogP contribution < -0.4 is 11.1 Å². The second-order valence-electron chi connectivity index (χ2n) is 3.90. The first kappa shape index (κ1) is 14.2. The number of hydrogen-bond acceptors (Lipinski definition) is 8. The number of nitrogens with zero attached hydrogens (tertiary/aromatic N) is 5. The summed E-state index contributed by atoms with van der Waals surface area (Å²) in [5, 5.41) is 11.6. The predicted octanol–water partition coefficient (Wildman–Crippen LogP) is -0.550. The fraction of sp³-hybridized carbons (Fsp3) is 0.455. The first-order chi connectivity index (χ1) is 9.79. The number of ether oxygens (including phenoxy) is 1. The first-order valence-corrected chi connectivity index (χ1v) is 6.22. The first-order valence-electron chi connectivity index (χ1n) is 6.22. The number of nitrogen functional groups attached to an aromatic ring is 1. The van der Waals surface area contributed by atoms with Gasteiger partial charge >= 0.3 is 0 Å². The van der Waals surface area contributed by atoms with Gasteiger partial charge in [-0.25, -0.2) is 4.98 Å². The lowest BCUT2D eigenvalue weighted by Crippen LogP contribution is -2.13. The molecule has 0 aliphatic rings. The molecule has 0 saturated heterocycles. The van der Waals surface area contributed by atoms with E-state index in [1.54, 1.807) is 23.3 Å². The summed E-state index contributed by atoms with van der Waals surface area (Å²) in [5.74, 6) is 0.958. The van der Waals surface area contributed by atoms with Gasteiger partial charge in [0.25, 0.3) is 0 Å².